The molecule has 0 aromatic carbocycles. The minimum absolute atomic E-state index is 0.201. The third-order valence-corrected chi connectivity index (χ3v) is 10.9. The lowest BCUT2D eigenvalue weighted by Gasteiger charge is -2.59. The lowest BCUT2D eigenvalue weighted by atomic mass is 9.46. The predicted octanol–water partition coefficient (Wildman–Crippen LogP) is 6.92. The van der Waals surface area contributed by atoms with Gasteiger partial charge in [-0.1, -0.05) is 57.9 Å². The zero-order valence-electron chi connectivity index (χ0n) is 21.0. The molecule has 176 valence electrons. The molecule has 0 saturated heterocycles. The Bertz CT molecular complexity index is 720. The molecule has 0 heterocycles. The molecule has 0 unspecified atom stereocenters. The number of aliphatic hydroxyl groups is 2. The monoisotopic (exact) mass is 428 g/mol. The zero-order chi connectivity index (χ0) is 22.6. The van der Waals surface area contributed by atoms with Crippen LogP contribution in [0.5, 0.6) is 0 Å². The second kappa shape index (κ2) is 8.64. The highest BCUT2D eigenvalue weighted by Crippen LogP contribution is 2.67. The molecule has 0 amide bonds. The Morgan fingerprint density at radius 2 is 1.81 bits per heavy atom. The first-order valence-electron chi connectivity index (χ1n) is 13.3. The van der Waals surface area contributed by atoms with Crippen LogP contribution in [0.25, 0.3) is 0 Å². The first-order chi connectivity index (χ1) is 14.6. The van der Waals surface area contributed by atoms with Crippen molar-refractivity contribution in [3.05, 3.63) is 23.3 Å². The van der Waals surface area contributed by atoms with Crippen LogP contribution in [0, 0.1) is 46.3 Å². The molecule has 2 heteroatoms. The molecule has 2 N–H and O–H groups in total. The normalized spacial score (nSPS) is 46.2. The largest absolute Gasteiger partial charge is 0.393 e. The van der Waals surface area contributed by atoms with Crippen molar-refractivity contribution in [2.24, 2.45) is 46.3 Å². The topological polar surface area (TPSA) is 40.5 Å². The molecule has 0 aromatic rings. The standard InChI is InChI=1S/C29H48O2/c1-7-20(18(2)3)9-8-19(4)23-10-11-24-27-25(13-15-29(23,24)6)28(5)14-12-22(30)16-21(28)17-26(27)31/h7,17-19,22-27,30-31H,8-16H2,1-6H3/t19-,22+,23-,24+,25+,26-,27+,28+,29-/m1/s1. The summed E-state index contributed by atoms with van der Waals surface area (Å²) in [7, 11) is 0. The van der Waals surface area contributed by atoms with Crippen molar-refractivity contribution in [2.75, 3.05) is 0 Å². The van der Waals surface area contributed by atoms with E-state index < -0.39 is 0 Å². The Morgan fingerprint density at radius 3 is 2.48 bits per heavy atom. The summed E-state index contributed by atoms with van der Waals surface area (Å²) in [5.74, 6) is 3.88. The Balaban J connectivity index is 1.53. The highest BCUT2D eigenvalue weighted by Gasteiger charge is 2.61. The summed E-state index contributed by atoms with van der Waals surface area (Å²) in [5, 5.41) is 21.6. The Labute approximate surface area is 191 Å². The van der Waals surface area contributed by atoms with Gasteiger partial charge >= 0.3 is 0 Å². The average Bonchev–Trinajstić information content (AvgIpc) is 3.06. The molecular weight excluding hydrogens is 380 g/mol. The Kier molecular flexibility index (Phi) is 6.56. The van der Waals surface area contributed by atoms with E-state index in [0.29, 0.717) is 29.1 Å². The van der Waals surface area contributed by atoms with E-state index in [4.69, 9.17) is 0 Å². The lowest BCUT2D eigenvalue weighted by molar-refractivity contribution is -0.0970. The first-order valence-corrected chi connectivity index (χ1v) is 13.3. The lowest BCUT2D eigenvalue weighted by Crippen LogP contribution is -2.54. The van der Waals surface area contributed by atoms with Crippen LogP contribution in [0.15, 0.2) is 23.3 Å². The number of rotatable bonds is 5. The van der Waals surface area contributed by atoms with Crippen LogP contribution in [0.2, 0.25) is 0 Å². The molecule has 0 radical (unpaired) electrons. The van der Waals surface area contributed by atoms with Gasteiger partial charge in [0.15, 0.2) is 0 Å². The van der Waals surface area contributed by atoms with Crippen molar-refractivity contribution in [1.29, 1.82) is 0 Å². The van der Waals surface area contributed by atoms with Gasteiger partial charge in [0.25, 0.3) is 0 Å². The maximum absolute atomic E-state index is 11.3. The molecule has 3 fully saturated rings. The summed E-state index contributed by atoms with van der Waals surface area (Å²) in [6.07, 6.45) is 14.6. The van der Waals surface area contributed by atoms with Crippen LogP contribution >= 0.6 is 0 Å². The van der Waals surface area contributed by atoms with Crippen molar-refractivity contribution in [1.82, 2.24) is 0 Å². The molecular formula is C29H48O2. The van der Waals surface area contributed by atoms with Gasteiger partial charge in [-0.2, -0.15) is 0 Å². The van der Waals surface area contributed by atoms with Gasteiger partial charge in [-0.3, -0.25) is 0 Å². The van der Waals surface area contributed by atoms with Gasteiger partial charge in [-0.15, -0.1) is 0 Å². The van der Waals surface area contributed by atoms with Gasteiger partial charge in [-0.25, -0.2) is 0 Å². The van der Waals surface area contributed by atoms with Crippen LogP contribution in [-0.4, -0.2) is 22.4 Å². The SMILES string of the molecule is CC=C(CC[C@@H](C)[C@H]1CC[C@H]2[C@@H]3[C@H](O)C=C4C[C@@H](O)CC[C@]4(C)[C@H]3CC[C@]12C)C(C)C. The summed E-state index contributed by atoms with van der Waals surface area (Å²) >= 11 is 0. The minimum atomic E-state index is -0.312. The fourth-order valence-corrected chi connectivity index (χ4v) is 8.97. The smallest absolute Gasteiger partial charge is 0.0757 e. The maximum Gasteiger partial charge on any atom is 0.0757 e. The van der Waals surface area contributed by atoms with Crippen LogP contribution in [0.4, 0.5) is 0 Å². The van der Waals surface area contributed by atoms with E-state index in [2.05, 4.69) is 53.7 Å². The number of aliphatic hydroxyl groups excluding tert-OH is 2. The van der Waals surface area contributed by atoms with E-state index in [-0.39, 0.29) is 17.6 Å². The van der Waals surface area contributed by atoms with Gasteiger partial charge in [-0.05, 0) is 111 Å². The van der Waals surface area contributed by atoms with Crippen molar-refractivity contribution in [3.63, 3.8) is 0 Å². The van der Waals surface area contributed by atoms with Crippen molar-refractivity contribution < 1.29 is 10.2 Å². The second-order valence-electron chi connectivity index (χ2n) is 12.5. The van der Waals surface area contributed by atoms with Crippen molar-refractivity contribution in [3.8, 4) is 0 Å². The third-order valence-electron chi connectivity index (χ3n) is 10.9. The molecule has 0 bridgehead atoms. The zero-order valence-corrected chi connectivity index (χ0v) is 21.0. The van der Waals surface area contributed by atoms with Gasteiger partial charge in [0.05, 0.1) is 12.2 Å². The van der Waals surface area contributed by atoms with E-state index >= 15 is 0 Å². The van der Waals surface area contributed by atoms with E-state index in [1.165, 1.54) is 44.1 Å². The molecule has 4 rings (SSSR count). The molecule has 0 spiro atoms. The highest BCUT2D eigenvalue weighted by atomic mass is 16.3. The van der Waals surface area contributed by atoms with Crippen LogP contribution in [0.1, 0.15) is 99.3 Å². The average molecular weight is 429 g/mol. The second-order valence-corrected chi connectivity index (χ2v) is 12.5. The van der Waals surface area contributed by atoms with Crippen molar-refractivity contribution in [2.45, 2.75) is 112 Å². The highest BCUT2D eigenvalue weighted by molar-refractivity contribution is 5.28. The van der Waals surface area contributed by atoms with Crippen molar-refractivity contribution >= 4 is 0 Å². The molecule has 4 aliphatic rings. The van der Waals surface area contributed by atoms with E-state index in [0.717, 1.165) is 31.1 Å². The molecule has 3 saturated carbocycles. The molecule has 0 aromatic heterocycles. The predicted molar refractivity (Wildman–Crippen MR) is 130 cm³/mol. The summed E-state index contributed by atoms with van der Waals surface area (Å²) in [4.78, 5) is 0. The van der Waals surface area contributed by atoms with Gasteiger partial charge < -0.3 is 10.2 Å². The fourth-order valence-electron chi connectivity index (χ4n) is 8.97. The molecule has 0 aliphatic heterocycles. The van der Waals surface area contributed by atoms with Gasteiger partial charge in [0.2, 0.25) is 0 Å². The molecule has 4 aliphatic carbocycles. The first kappa shape index (κ1) is 23.6. The summed E-state index contributed by atoms with van der Waals surface area (Å²) < 4.78 is 0. The van der Waals surface area contributed by atoms with Gasteiger partial charge in [0.1, 0.15) is 0 Å². The molecule has 9 atom stereocenters. The fraction of sp³-hybridized carbons (Fsp3) is 0.862. The van der Waals surface area contributed by atoms with E-state index in [9.17, 15) is 10.2 Å². The van der Waals surface area contributed by atoms with Gasteiger partial charge in [0, 0.05) is 0 Å². The number of allylic oxidation sites excluding steroid dienone is 2. The molecule has 31 heavy (non-hydrogen) atoms. The number of hydrogen-bond acceptors (Lipinski definition) is 2. The maximum atomic E-state index is 11.3. The number of hydrogen-bond donors (Lipinski definition) is 2. The van der Waals surface area contributed by atoms with E-state index in [1.54, 1.807) is 5.57 Å². The molecule has 2 nitrogen and oxygen atoms in total. The third kappa shape index (κ3) is 3.88. The van der Waals surface area contributed by atoms with Crippen LogP contribution < -0.4 is 0 Å². The van der Waals surface area contributed by atoms with Crippen LogP contribution in [-0.2, 0) is 0 Å². The summed E-state index contributed by atoms with van der Waals surface area (Å²) in [5.41, 5.74) is 3.56. The summed E-state index contributed by atoms with van der Waals surface area (Å²) in [6, 6.07) is 0. The summed E-state index contributed by atoms with van der Waals surface area (Å²) in [6.45, 7) is 14.4. The number of fused-ring (bicyclic) bond motifs is 5. The van der Waals surface area contributed by atoms with Crippen LogP contribution in [0.3, 0.4) is 0 Å². The quantitative estimate of drug-likeness (QED) is 0.467. The Morgan fingerprint density at radius 1 is 1.06 bits per heavy atom. The van der Waals surface area contributed by atoms with E-state index in [1.807, 2.05) is 0 Å². The Hall–Kier alpha value is -0.600. The minimum Gasteiger partial charge on any atom is -0.393 e.